The molecule has 3 aliphatic carbocycles. The zero-order valence-electron chi connectivity index (χ0n) is 14.9. The van der Waals surface area contributed by atoms with E-state index in [-0.39, 0.29) is 22.6 Å². The molecule has 0 amide bonds. The molecule has 3 N–H and O–H groups in total. The number of halogens is 1. The molecule has 0 spiro atoms. The summed E-state index contributed by atoms with van der Waals surface area (Å²) in [6.45, 7) is 0. The van der Waals surface area contributed by atoms with Crippen molar-refractivity contribution in [2.45, 2.75) is 112 Å². The molecule has 24 heavy (non-hydrogen) atoms. The van der Waals surface area contributed by atoms with Crippen molar-refractivity contribution >= 4 is 24.9 Å². The Labute approximate surface area is 165 Å². The SMILES string of the molecule is Br.C1CC[CH]([Cu][CH]2CCCCC2)CC1.O[PH](O)(O)C1CCCCC1. The van der Waals surface area contributed by atoms with Gasteiger partial charge in [0.1, 0.15) is 0 Å². The quantitative estimate of drug-likeness (QED) is 0.349. The molecule has 0 heterocycles. The molecular formula is C18H38BrCuO3P. The third-order valence-corrected chi connectivity index (χ3v) is 9.07. The fourth-order valence-corrected chi connectivity index (χ4v) is 7.14. The molecule has 0 aliphatic heterocycles. The molecular weight excluding hydrogens is 439 g/mol. The van der Waals surface area contributed by atoms with Crippen LogP contribution in [0.2, 0.25) is 9.63 Å². The Morgan fingerprint density at radius 1 is 0.542 bits per heavy atom. The molecule has 0 saturated heterocycles. The summed E-state index contributed by atoms with van der Waals surface area (Å²) in [5, 5.41) is 0. The summed E-state index contributed by atoms with van der Waals surface area (Å²) < 4.78 is 0. The molecule has 3 saturated carbocycles. The third kappa shape index (κ3) is 9.31. The standard InChI is InChI=1S/C6H15O3P.2C6H11.BrH.Cu/c7-10(8,9)6-4-2-1-3-5-6;2*1-2-4-6-5-3-1;;/h6-10H,1-5H2;2*1H,2-6H2;1H;. The summed E-state index contributed by atoms with van der Waals surface area (Å²) in [5.41, 5.74) is -0.193. The van der Waals surface area contributed by atoms with Crippen molar-refractivity contribution in [1.29, 1.82) is 0 Å². The second-order valence-corrected chi connectivity index (χ2v) is 11.5. The Morgan fingerprint density at radius 2 is 0.875 bits per heavy atom. The fraction of sp³-hybridized carbons (Fsp3) is 1.00. The number of hydrogen-bond donors (Lipinski definition) is 3. The molecule has 3 nitrogen and oxygen atoms in total. The van der Waals surface area contributed by atoms with Gasteiger partial charge in [-0.15, -0.1) is 17.0 Å². The summed E-state index contributed by atoms with van der Waals surface area (Å²) in [6, 6.07) is 0. The normalized spacial score (nSPS) is 25.5. The predicted octanol–water partition coefficient (Wildman–Crippen LogP) is 5.94. The molecule has 151 valence electrons. The first kappa shape index (κ1) is 23.3. The summed E-state index contributed by atoms with van der Waals surface area (Å²) in [6.07, 6.45) is 19.8. The van der Waals surface area contributed by atoms with Gasteiger partial charge in [-0.3, -0.25) is 0 Å². The average molecular weight is 477 g/mol. The second kappa shape index (κ2) is 12.7. The van der Waals surface area contributed by atoms with Crippen molar-refractivity contribution in [3.05, 3.63) is 0 Å². The fourth-order valence-electron chi connectivity index (χ4n) is 3.94. The maximum atomic E-state index is 8.89. The molecule has 3 rings (SSSR count). The van der Waals surface area contributed by atoms with Crippen molar-refractivity contribution in [3.63, 3.8) is 0 Å². The van der Waals surface area contributed by atoms with Crippen LogP contribution in [0, 0.1) is 0 Å². The summed E-state index contributed by atoms with van der Waals surface area (Å²) in [7, 11) is -3.76. The molecule has 0 unspecified atom stereocenters. The van der Waals surface area contributed by atoms with E-state index < -0.39 is 7.94 Å². The molecule has 0 aromatic heterocycles. The van der Waals surface area contributed by atoms with E-state index in [9.17, 15) is 0 Å². The van der Waals surface area contributed by atoms with E-state index in [0.717, 1.165) is 35.3 Å². The van der Waals surface area contributed by atoms with E-state index in [0.29, 0.717) is 0 Å². The van der Waals surface area contributed by atoms with Gasteiger partial charge in [0.15, 0.2) is 0 Å². The Kier molecular flexibility index (Phi) is 12.3. The predicted molar refractivity (Wildman–Crippen MR) is 106 cm³/mol. The molecule has 0 radical (unpaired) electrons. The molecule has 3 fully saturated rings. The molecule has 0 bridgehead atoms. The topological polar surface area (TPSA) is 60.7 Å². The van der Waals surface area contributed by atoms with Crippen LogP contribution in [-0.4, -0.2) is 20.3 Å². The Morgan fingerprint density at radius 3 is 1.17 bits per heavy atom. The van der Waals surface area contributed by atoms with Gasteiger partial charge < -0.3 is 0 Å². The first-order valence-electron chi connectivity index (χ1n) is 9.76. The monoisotopic (exact) mass is 475 g/mol. The maximum absolute atomic E-state index is 8.89. The van der Waals surface area contributed by atoms with Crippen LogP contribution in [0.25, 0.3) is 0 Å². The molecule has 3 aliphatic rings. The first-order valence-corrected chi connectivity index (χ1v) is 12.8. The van der Waals surface area contributed by atoms with Crippen molar-refractivity contribution in [2.24, 2.45) is 0 Å². The van der Waals surface area contributed by atoms with Gasteiger partial charge >= 0.3 is 149 Å². The van der Waals surface area contributed by atoms with Crippen molar-refractivity contribution in [3.8, 4) is 0 Å². The number of hydrogen-bond acceptors (Lipinski definition) is 3. The van der Waals surface area contributed by atoms with Crippen LogP contribution in [-0.2, 0) is 15.0 Å². The minimum atomic E-state index is -3.76. The zero-order chi connectivity index (χ0) is 16.5. The Hall–Kier alpha value is 1.31. The van der Waals surface area contributed by atoms with Crippen LogP contribution in [0.3, 0.4) is 0 Å². The summed E-state index contributed by atoms with van der Waals surface area (Å²) >= 11 is 2.44. The van der Waals surface area contributed by atoms with Gasteiger partial charge in [0.05, 0.1) is 0 Å². The average Bonchev–Trinajstić information content (AvgIpc) is 2.57. The first-order chi connectivity index (χ1) is 11.1. The van der Waals surface area contributed by atoms with Crippen LogP contribution >= 0.6 is 24.9 Å². The van der Waals surface area contributed by atoms with Crippen LogP contribution in [0.5, 0.6) is 0 Å². The third-order valence-electron chi connectivity index (χ3n) is 5.42. The minimum absolute atomic E-state index is 0. The molecule has 0 aromatic rings. The van der Waals surface area contributed by atoms with Crippen LogP contribution < -0.4 is 0 Å². The van der Waals surface area contributed by atoms with E-state index in [1.54, 1.807) is 0 Å². The van der Waals surface area contributed by atoms with E-state index in [2.05, 4.69) is 15.0 Å². The molecule has 0 atom stereocenters. The zero-order valence-corrected chi connectivity index (χ0v) is 18.5. The van der Waals surface area contributed by atoms with Gasteiger partial charge in [-0.1, -0.05) is 0 Å². The number of rotatable bonds is 3. The van der Waals surface area contributed by atoms with Gasteiger partial charge in [0.25, 0.3) is 0 Å². The van der Waals surface area contributed by atoms with Gasteiger partial charge in [-0.05, 0) is 0 Å². The Bertz CT molecular complexity index is 294. The van der Waals surface area contributed by atoms with Crippen LogP contribution in [0.1, 0.15) is 96.3 Å². The van der Waals surface area contributed by atoms with Crippen molar-refractivity contribution in [2.75, 3.05) is 0 Å². The van der Waals surface area contributed by atoms with Crippen molar-refractivity contribution in [1.82, 2.24) is 0 Å². The van der Waals surface area contributed by atoms with Gasteiger partial charge in [0.2, 0.25) is 0 Å². The van der Waals surface area contributed by atoms with Crippen LogP contribution in [0.4, 0.5) is 0 Å². The molecule has 0 aromatic carbocycles. The van der Waals surface area contributed by atoms with E-state index in [1.807, 2.05) is 0 Å². The van der Waals surface area contributed by atoms with Crippen molar-refractivity contribution < 1.29 is 29.6 Å². The van der Waals surface area contributed by atoms with E-state index in [4.69, 9.17) is 14.7 Å². The van der Waals surface area contributed by atoms with Gasteiger partial charge in [-0.25, -0.2) is 0 Å². The summed E-state index contributed by atoms with van der Waals surface area (Å²) in [4.78, 5) is 28.7. The second-order valence-electron chi connectivity index (χ2n) is 7.47. The molecule has 6 heteroatoms. The Balaban J connectivity index is 0.000000238. The van der Waals surface area contributed by atoms with E-state index >= 15 is 0 Å². The van der Waals surface area contributed by atoms with Gasteiger partial charge in [0, 0.05) is 0 Å². The summed E-state index contributed by atoms with van der Waals surface area (Å²) in [5.74, 6) is 0. The van der Waals surface area contributed by atoms with Gasteiger partial charge in [-0.2, -0.15) is 0 Å². The van der Waals surface area contributed by atoms with Crippen LogP contribution in [0.15, 0.2) is 0 Å². The van der Waals surface area contributed by atoms with E-state index in [1.165, 1.54) is 70.6 Å².